The summed E-state index contributed by atoms with van der Waals surface area (Å²) in [6.45, 7) is 7.42. The largest absolute Gasteiger partial charge is 0.384 e. The van der Waals surface area contributed by atoms with Gasteiger partial charge in [0.1, 0.15) is 6.10 Å². The second-order valence-electron chi connectivity index (χ2n) is 3.12. The molecular formula is C12H14O. The van der Waals surface area contributed by atoms with E-state index in [1.807, 2.05) is 32.0 Å². The molecule has 0 saturated carbocycles. The molecule has 0 aliphatic carbocycles. The highest BCUT2D eigenvalue weighted by atomic mass is 16.3. The molecule has 1 heteroatoms. The summed E-state index contributed by atoms with van der Waals surface area (Å²) >= 11 is 0. The zero-order valence-corrected chi connectivity index (χ0v) is 8.04. The van der Waals surface area contributed by atoms with Gasteiger partial charge in [0.15, 0.2) is 0 Å². The van der Waals surface area contributed by atoms with E-state index in [4.69, 9.17) is 0 Å². The molecule has 1 rings (SSSR count). The lowest BCUT2D eigenvalue weighted by atomic mass is 9.98. The minimum absolute atomic E-state index is 0.585. The van der Waals surface area contributed by atoms with Crippen molar-refractivity contribution < 1.29 is 5.11 Å². The van der Waals surface area contributed by atoms with Crippen molar-refractivity contribution in [3.63, 3.8) is 0 Å². The number of hydrogen-bond acceptors (Lipinski definition) is 1. The number of benzene rings is 1. The Morgan fingerprint density at radius 1 is 1.38 bits per heavy atom. The summed E-state index contributed by atoms with van der Waals surface area (Å²) in [5.74, 6) is 0. The van der Waals surface area contributed by atoms with Gasteiger partial charge in [0, 0.05) is 0 Å². The summed E-state index contributed by atoms with van der Waals surface area (Å²) in [5.41, 5.74) is 5.75. The molecule has 1 aromatic rings. The van der Waals surface area contributed by atoms with Gasteiger partial charge in [-0.15, -0.1) is 5.73 Å². The maximum absolute atomic E-state index is 9.72. The van der Waals surface area contributed by atoms with E-state index in [1.54, 1.807) is 6.08 Å². The predicted octanol–water partition coefficient (Wildman–Crippen LogP) is 2.68. The van der Waals surface area contributed by atoms with Gasteiger partial charge in [-0.25, -0.2) is 0 Å². The Hall–Kier alpha value is -1.30. The normalized spacial score (nSPS) is 11.9. The molecule has 1 atom stereocenters. The van der Waals surface area contributed by atoms with Gasteiger partial charge < -0.3 is 5.11 Å². The van der Waals surface area contributed by atoms with Crippen molar-refractivity contribution in [2.24, 2.45) is 0 Å². The molecule has 0 aromatic heterocycles. The molecule has 1 aromatic carbocycles. The van der Waals surface area contributed by atoms with Gasteiger partial charge in [-0.2, -0.15) is 0 Å². The summed E-state index contributed by atoms with van der Waals surface area (Å²) in [6.07, 6.45) is 0.980. The Balaban J connectivity index is 3.19. The molecule has 1 N–H and O–H groups in total. The average Bonchev–Trinajstić information content (AvgIpc) is 2.04. The van der Waals surface area contributed by atoms with Gasteiger partial charge in [-0.3, -0.25) is 0 Å². The minimum Gasteiger partial charge on any atom is -0.384 e. The van der Waals surface area contributed by atoms with Gasteiger partial charge in [-0.1, -0.05) is 24.8 Å². The summed E-state index contributed by atoms with van der Waals surface area (Å²) in [7, 11) is 0. The molecule has 0 fully saturated rings. The van der Waals surface area contributed by atoms with Gasteiger partial charge in [0.2, 0.25) is 0 Å². The molecule has 1 unspecified atom stereocenters. The van der Waals surface area contributed by atoms with Crippen LogP contribution in [0, 0.1) is 13.8 Å². The Bertz CT molecular complexity index is 326. The van der Waals surface area contributed by atoms with Crippen molar-refractivity contribution >= 4 is 0 Å². The molecule has 0 radical (unpaired) electrons. The maximum Gasteiger partial charge on any atom is 0.105 e. The molecule has 0 aliphatic rings. The fourth-order valence-corrected chi connectivity index (χ4v) is 1.49. The molecular weight excluding hydrogens is 160 g/mol. The topological polar surface area (TPSA) is 20.2 Å². The van der Waals surface area contributed by atoms with Crippen LogP contribution in [0.5, 0.6) is 0 Å². The van der Waals surface area contributed by atoms with Gasteiger partial charge >= 0.3 is 0 Å². The highest BCUT2D eigenvalue weighted by molar-refractivity contribution is 5.36. The van der Waals surface area contributed by atoms with E-state index >= 15 is 0 Å². The van der Waals surface area contributed by atoms with Gasteiger partial charge in [0.25, 0.3) is 0 Å². The van der Waals surface area contributed by atoms with E-state index in [0.29, 0.717) is 0 Å². The molecule has 0 aliphatic heterocycles. The van der Waals surface area contributed by atoms with Crippen molar-refractivity contribution in [1.82, 2.24) is 0 Å². The third-order valence-corrected chi connectivity index (χ3v) is 2.11. The van der Waals surface area contributed by atoms with Crippen LogP contribution in [-0.2, 0) is 0 Å². The molecule has 0 bridgehead atoms. The molecule has 0 saturated heterocycles. The number of hydrogen-bond donors (Lipinski definition) is 1. The number of rotatable bonds is 2. The third kappa shape index (κ3) is 2.09. The van der Waals surface area contributed by atoms with Crippen LogP contribution in [0.3, 0.4) is 0 Å². The number of aryl methyl sites for hydroxylation is 2. The van der Waals surface area contributed by atoms with Crippen LogP contribution in [-0.4, -0.2) is 5.11 Å². The lowest BCUT2D eigenvalue weighted by Gasteiger charge is -2.11. The SMILES string of the molecule is C=C=CC(O)c1c(C)cccc1C. The predicted molar refractivity (Wildman–Crippen MR) is 54.6 cm³/mol. The van der Waals surface area contributed by atoms with E-state index < -0.39 is 6.10 Å². The van der Waals surface area contributed by atoms with Crippen LogP contribution in [0.25, 0.3) is 0 Å². The first-order valence-electron chi connectivity index (χ1n) is 4.27. The average molecular weight is 174 g/mol. The monoisotopic (exact) mass is 174 g/mol. The summed E-state index contributed by atoms with van der Waals surface area (Å²) in [4.78, 5) is 0. The Kier molecular flexibility index (Phi) is 3.07. The highest BCUT2D eigenvalue weighted by Crippen LogP contribution is 2.22. The fourth-order valence-electron chi connectivity index (χ4n) is 1.49. The Labute approximate surface area is 79.0 Å². The first-order valence-corrected chi connectivity index (χ1v) is 4.27. The van der Waals surface area contributed by atoms with Crippen LogP contribution in [0.1, 0.15) is 22.8 Å². The van der Waals surface area contributed by atoms with E-state index in [2.05, 4.69) is 12.3 Å². The third-order valence-electron chi connectivity index (χ3n) is 2.11. The zero-order valence-electron chi connectivity index (χ0n) is 8.04. The standard InChI is InChI=1S/C12H14O/c1-4-6-11(13)12-9(2)7-5-8-10(12)3/h5-8,11,13H,1H2,2-3H3. The van der Waals surface area contributed by atoms with Crippen molar-refractivity contribution in [2.75, 3.05) is 0 Å². The van der Waals surface area contributed by atoms with Crippen molar-refractivity contribution in [3.8, 4) is 0 Å². The van der Waals surface area contributed by atoms with Gasteiger partial charge in [0.05, 0.1) is 0 Å². The first kappa shape index (κ1) is 9.79. The van der Waals surface area contributed by atoms with Crippen LogP contribution in [0.4, 0.5) is 0 Å². The van der Waals surface area contributed by atoms with E-state index in [1.165, 1.54) is 0 Å². The van der Waals surface area contributed by atoms with E-state index in [9.17, 15) is 5.11 Å². The summed E-state index contributed by atoms with van der Waals surface area (Å²) < 4.78 is 0. The minimum atomic E-state index is -0.585. The summed E-state index contributed by atoms with van der Waals surface area (Å²) in [6, 6.07) is 5.96. The smallest absolute Gasteiger partial charge is 0.105 e. The van der Waals surface area contributed by atoms with Crippen LogP contribution in [0.15, 0.2) is 36.6 Å². The van der Waals surface area contributed by atoms with E-state index in [-0.39, 0.29) is 0 Å². The van der Waals surface area contributed by atoms with Crippen LogP contribution < -0.4 is 0 Å². The number of aliphatic hydroxyl groups excluding tert-OH is 1. The second-order valence-corrected chi connectivity index (χ2v) is 3.12. The molecule has 0 amide bonds. The van der Waals surface area contributed by atoms with Crippen LogP contribution in [0.2, 0.25) is 0 Å². The Morgan fingerprint density at radius 3 is 2.38 bits per heavy atom. The van der Waals surface area contributed by atoms with Crippen LogP contribution >= 0.6 is 0 Å². The molecule has 68 valence electrons. The van der Waals surface area contributed by atoms with E-state index in [0.717, 1.165) is 16.7 Å². The van der Waals surface area contributed by atoms with Crippen molar-refractivity contribution in [3.05, 3.63) is 53.3 Å². The van der Waals surface area contributed by atoms with Gasteiger partial charge in [-0.05, 0) is 36.6 Å². The molecule has 13 heavy (non-hydrogen) atoms. The highest BCUT2D eigenvalue weighted by Gasteiger charge is 2.08. The quantitative estimate of drug-likeness (QED) is 0.683. The van der Waals surface area contributed by atoms with Crippen molar-refractivity contribution in [2.45, 2.75) is 20.0 Å². The zero-order chi connectivity index (χ0) is 9.84. The lowest BCUT2D eigenvalue weighted by molar-refractivity contribution is 0.227. The Morgan fingerprint density at radius 2 is 1.92 bits per heavy atom. The lowest BCUT2D eigenvalue weighted by Crippen LogP contribution is -1.99. The first-order chi connectivity index (χ1) is 6.16. The molecule has 1 nitrogen and oxygen atoms in total. The molecule has 0 spiro atoms. The number of aliphatic hydroxyl groups is 1. The second kappa shape index (κ2) is 4.08. The maximum atomic E-state index is 9.72. The summed E-state index contributed by atoms with van der Waals surface area (Å²) in [5, 5.41) is 9.72. The fraction of sp³-hybridized carbons (Fsp3) is 0.250. The van der Waals surface area contributed by atoms with Crippen molar-refractivity contribution in [1.29, 1.82) is 0 Å². The molecule has 0 heterocycles.